The summed E-state index contributed by atoms with van der Waals surface area (Å²) in [5, 5.41) is 9.28. The molecule has 0 amide bonds. The quantitative estimate of drug-likeness (QED) is 0.830. The van der Waals surface area contributed by atoms with E-state index in [4.69, 9.17) is 16.7 Å². The van der Waals surface area contributed by atoms with Crippen LogP contribution in [0.5, 0.6) is 0 Å². The molecular formula is C12H9ClN2O2. The number of rotatable bonds is 2. The Morgan fingerprint density at radius 1 is 1.24 bits per heavy atom. The summed E-state index contributed by atoms with van der Waals surface area (Å²) < 4.78 is 0. The molecule has 0 bridgehead atoms. The SMILES string of the molecule is Cc1nc(Cl)c(-c2ccccc2)c(C(=O)O)n1. The maximum atomic E-state index is 11.2. The molecule has 0 saturated heterocycles. The van der Waals surface area contributed by atoms with E-state index in [1.165, 1.54) is 0 Å². The molecule has 0 unspecified atom stereocenters. The summed E-state index contributed by atoms with van der Waals surface area (Å²) in [6.07, 6.45) is 0. The summed E-state index contributed by atoms with van der Waals surface area (Å²) in [6.45, 7) is 1.60. The van der Waals surface area contributed by atoms with Gasteiger partial charge in [0.1, 0.15) is 11.0 Å². The Kier molecular flexibility index (Phi) is 3.06. The predicted molar refractivity (Wildman–Crippen MR) is 64.2 cm³/mol. The van der Waals surface area contributed by atoms with Crippen molar-refractivity contribution >= 4 is 17.6 Å². The third-order valence-corrected chi connectivity index (χ3v) is 2.52. The average molecular weight is 249 g/mol. The zero-order valence-corrected chi connectivity index (χ0v) is 9.77. The van der Waals surface area contributed by atoms with Crippen molar-refractivity contribution in [1.82, 2.24) is 9.97 Å². The van der Waals surface area contributed by atoms with Crippen LogP contribution in [0.15, 0.2) is 30.3 Å². The number of carbonyl (C=O) groups is 1. The smallest absolute Gasteiger partial charge is 0.355 e. The highest BCUT2D eigenvalue weighted by Crippen LogP contribution is 2.29. The lowest BCUT2D eigenvalue weighted by atomic mass is 10.1. The van der Waals surface area contributed by atoms with Crippen molar-refractivity contribution in [3.05, 3.63) is 47.0 Å². The van der Waals surface area contributed by atoms with Gasteiger partial charge in [0.15, 0.2) is 5.69 Å². The van der Waals surface area contributed by atoms with Crippen molar-refractivity contribution in [3.8, 4) is 11.1 Å². The fraction of sp³-hybridized carbons (Fsp3) is 0.0833. The number of hydrogen-bond donors (Lipinski definition) is 1. The number of carboxylic acids is 1. The molecule has 0 fully saturated rings. The zero-order chi connectivity index (χ0) is 12.4. The molecule has 4 nitrogen and oxygen atoms in total. The Morgan fingerprint density at radius 2 is 1.88 bits per heavy atom. The van der Waals surface area contributed by atoms with Gasteiger partial charge in [0.05, 0.1) is 5.56 Å². The van der Waals surface area contributed by atoms with Crippen molar-refractivity contribution in [2.24, 2.45) is 0 Å². The minimum absolute atomic E-state index is 0.0753. The average Bonchev–Trinajstić information content (AvgIpc) is 2.29. The Hall–Kier alpha value is -1.94. The van der Waals surface area contributed by atoms with E-state index in [-0.39, 0.29) is 10.8 Å². The molecule has 0 saturated carbocycles. The molecule has 0 radical (unpaired) electrons. The second-order valence-electron chi connectivity index (χ2n) is 3.46. The Bertz CT molecular complexity index is 570. The number of aryl methyl sites for hydroxylation is 1. The van der Waals surface area contributed by atoms with Gasteiger partial charge >= 0.3 is 5.97 Å². The van der Waals surface area contributed by atoms with Crippen LogP contribution in [0.4, 0.5) is 0 Å². The van der Waals surface area contributed by atoms with Gasteiger partial charge in [-0.05, 0) is 12.5 Å². The van der Waals surface area contributed by atoms with Crippen LogP contribution in [-0.4, -0.2) is 21.0 Å². The van der Waals surface area contributed by atoms with Crippen LogP contribution in [0.3, 0.4) is 0 Å². The molecule has 0 atom stereocenters. The van der Waals surface area contributed by atoms with E-state index in [0.717, 1.165) is 0 Å². The van der Waals surface area contributed by atoms with Crippen LogP contribution in [-0.2, 0) is 0 Å². The number of halogens is 1. The Labute approximate surface area is 103 Å². The van der Waals surface area contributed by atoms with E-state index in [0.29, 0.717) is 17.0 Å². The molecule has 1 heterocycles. The van der Waals surface area contributed by atoms with E-state index < -0.39 is 5.97 Å². The number of aromatic carboxylic acids is 1. The van der Waals surface area contributed by atoms with Gasteiger partial charge in [-0.25, -0.2) is 14.8 Å². The lowest BCUT2D eigenvalue weighted by Gasteiger charge is -2.08. The van der Waals surface area contributed by atoms with Crippen molar-refractivity contribution in [2.75, 3.05) is 0 Å². The molecule has 1 aromatic carbocycles. The molecule has 86 valence electrons. The normalized spacial score (nSPS) is 10.2. The Balaban J connectivity index is 2.72. The number of aromatic nitrogens is 2. The van der Waals surface area contributed by atoms with E-state index in [1.807, 2.05) is 6.07 Å². The first-order valence-electron chi connectivity index (χ1n) is 4.92. The van der Waals surface area contributed by atoms with Crippen LogP contribution < -0.4 is 0 Å². The van der Waals surface area contributed by atoms with Gasteiger partial charge in [-0.15, -0.1) is 0 Å². The molecule has 1 N–H and O–H groups in total. The number of benzene rings is 1. The summed E-state index contributed by atoms with van der Waals surface area (Å²) >= 11 is 6.00. The van der Waals surface area contributed by atoms with E-state index in [9.17, 15) is 4.79 Å². The minimum atomic E-state index is -1.11. The highest BCUT2D eigenvalue weighted by Gasteiger charge is 2.18. The first kappa shape index (κ1) is 11.5. The van der Waals surface area contributed by atoms with Crippen LogP contribution >= 0.6 is 11.6 Å². The van der Waals surface area contributed by atoms with Crippen molar-refractivity contribution in [3.63, 3.8) is 0 Å². The zero-order valence-electron chi connectivity index (χ0n) is 9.01. The molecule has 17 heavy (non-hydrogen) atoms. The molecule has 2 rings (SSSR count). The van der Waals surface area contributed by atoms with Crippen molar-refractivity contribution < 1.29 is 9.90 Å². The summed E-state index contributed by atoms with van der Waals surface area (Å²) in [5.74, 6) is -0.775. The molecule has 2 aromatic rings. The molecule has 0 spiro atoms. The van der Waals surface area contributed by atoms with Crippen LogP contribution in [0.2, 0.25) is 5.15 Å². The van der Waals surface area contributed by atoms with Crippen molar-refractivity contribution in [1.29, 1.82) is 0 Å². The highest BCUT2D eigenvalue weighted by atomic mass is 35.5. The maximum Gasteiger partial charge on any atom is 0.355 e. The van der Waals surface area contributed by atoms with E-state index in [1.54, 1.807) is 31.2 Å². The van der Waals surface area contributed by atoms with Gasteiger partial charge in [0.25, 0.3) is 0 Å². The highest BCUT2D eigenvalue weighted by molar-refractivity contribution is 6.32. The summed E-state index contributed by atoms with van der Waals surface area (Å²) in [6, 6.07) is 8.99. The van der Waals surface area contributed by atoms with Gasteiger partial charge in [0.2, 0.25) is 0 Å². The van der Waals surface area contributed by atoms with Crippen molar-refractivity contribution in [2.45, 2.75) is 6.92 Å². The molecule has 0 aliphatic rings. The lowest BCUT2D eigenvalue weighted by molar-refractivity contribution is 0.0691. The molecule has 0 aliphatic carbocycles. The second-order valence-corrected chi connectivity index (χ2v) is 3.81. The van der Waals surface area contributed by atoms with Crippen LogP contribution in [0.1, 0.15) is 16.3 Å². The van der Waals surface area contributed by atoms with Gasteiger partial charge < -0.3 is 5.11 Å². The molecular weight excluding hydrogens is 240 g/mol. The molecule has 0 aliphatic heterocycles. The first-order chi connectivity index (χ1) is 8.09. The maximum absolute atomic E-state index is 11.2. The third kappa shape index (κ3) is 2.26. The minimum Gasteiger partial charge on any atom is -0.476 e. The summed E-state index contributed by atoms with van der Waals surface area (Å²) in [7, 11) is 0. The third-order valence-electron chi connectivity index (χ3n) is 2.24. The topological polar surface area (TPSA) is 63.1 Å². The van der Waals surface area contributed by atoms with Gasteiger partial charge in [0, 0.05) is 0 Å². The fourth-order valence-corrected chi connectivity index (χ4v) is 1.87. The van der Waals surface area contributed by atoms with Gasteiger partial charge in [-0.3, -0.25) is 0 Å². The van der Waals surface area contributed by atoms with Gasteiger partial charge in [-0.2, -0.15) is 0 Å². The Morgan fingerprint density at radius 3 is 2.47 bits per heavy atom. The monoisotopic (exact) mass is 248 g/mol. The largest absolute Gasteiger partial charge is 0.476 e. The van der Waals surface area contributed by atoms with E-state index in [2.05, 4.69) is 9.97 Å². The van der Waals surface area contributed by atoms with E-state index >= 15 is 0 Å². The number of nitrogens with zero attached hydrogens (tertiary/aromatic N) is 2. The van der Waals surface area contributed by atoms with Crippen LogP contribution in [0.25, 0.3) is 11.1 Å². The van der Waals surface area contributed by atoms with Crippen LogP contribution in [0, 0.1) is 6.92 Å². The molecule has 5 heteroatoms. The number of hydrogen-bond acceptors (Lipinski definition) is 3. The summed E-state index contributed by atoms with van der Waals surface area (Å²) in [4.78, 5) is 19.0. The molecule has 1 aromatic heterocycles. The standard InChI is InChI=1S/C12H9ClN2O2/c1-7-14-10(12(16)17)9(11(13)15-7)8-5-3-2-4-6-8/h2-6H,1H3,(H,16,17). The second kappa shape index (κ2) is 4.51. The lowest BCUT2D eigenvalue weighted by Crippen LogP contribution is -2.07. The van der Waals surface area contributed by atoms with Gasteiger partial charge in [-0.1, -0.05) is 41.9 Å². The number of carboxylic acid groups (broad SMARTS) is 1. The first-order valence-corrected chi connectivity index (χ1v) is 5.30. The predicted octanol–water partition coefficient (Wildman–Crippen LogP) is 2.80. The fourth-order valence-electron chi connectivity index (χ4n) is 1.55. The summed E-state index contributed by atoms with van der Waals surface area (Å²) in [5.41, 5.74) is 0.967.